The first-order valence-corrected chi connectivity index (χ1v) is 13.6. The lowest BCUT2D eigenvalue weighted by Crippen LogP contribution is -2.31. The number of para-hydroxylation sites is 1. The molecular formula is C27H26N6O3S. The van der Waals surface area contributed by atoms with Gasteiger partial charge in [0, 0.05) is 47.6 Å². The van der Waals surface area contributed by atoms with Crippen molar-refractivity contribution in [3.63, 3.8) is 0 Å². The molecule has 9 nitrogen and oxygen atoms in total. The zero-order valence-corrected chi connectivity index (χ0v) is 20.8. The molecule has 3 aromatic heterocycles. The highest BCUT2D eigenvalue weighted by molar-refractivity contribution is 7.90. The number of anilines is 2. The second-order valence-electron chi connectivity index (χ2n) is 9.19. The van der Waals surface area contributed by atoms with Gasteiger partial charge in [-0.15, -0.1) is 0 Å². The number of nitrogens with one attached hydrogen (secondary N) is 1. The molecule has 2 aromatic carbocycles. The van der Waals surface area contributed by atoms with Crippen molar-refractivity contribution in [3.8, 4) is 0 Å². The van der Waals surface area contributed by atoms with Crippen molar-refractivity contribution in [1.29, 1.82) is 0 Å². The minimum Gasteiger partial charge on any atom is -0.395 e. The van der Waals surface area contributed by atoms with Gasteiger partial charge in [0.1, 0.15) is 4.90 Å². The molecule has 5 aromatic rings. The van der Waals surface area contributed by atoms with Crippen LogP contribution in [0, 0.1) is 0 Å². The maximum Gasteiger partial charge on any atom is 0.271 e. The molecule has 188 valence electrons. The molecule has 1 saturated heterocycles. The van der Waals surface area contributed by atoms with Gasteiger partial charge >= 0.3 is 0 Å². The summed E-state index contributed by atoms with van der Waals surface area (Å²) in [4.78, 5) is 15.6. The molecule has 0 amide bonds. The number of likely N-dealkylation sites (tertiary alicyclic amines) is 1. The van der Waals surface area contributed by atoms with E-state index in [-0.39, 0.29) is 23.2 Å². The standard InChI is InChI=1S/C27H26N6O3S/c34-18-23-6-3-14-32(23)17-19-8-10-22(11-9-19)30-27-29-16-21-12-15-33(26(21)31-27)37(35,36)24-7-1-4-20-5-2-13-28-25(20)24/h1-2,4-5,7-13,15-16,23,34H,3,6,14,17-18H2,(H,29,30,31). The molecule has 10 heteroatoms. The van der Waals surface area contributed by atoms with E-state index < -0.39 is 10.0 Å². The summed E-state index contributed by atoms with van der Waals surface area (Å²) >= 11 is 0. The largest absolute Gasteiger partial charge is 0.395 e. The highest BCUT2D eigenvalue weighted by Crippen LogP contribution is 2.27. The summed E-state index contributed by atoms with van der Waals surface area (Å²) in [6.45, 7) is 1.98. The Morgan fingerprint density at radius 2 is 1.84 bits per heavy atom. The predicted octanol–water partition coefficient (Wildman–Crippen LogP) is 3.92. The lowest BCUT2D eigenvalue weighted by molar-refractivity contribution is 0.153. The first-order chi connectivity index (χ1) is 18.0. The predicted molar refractivity (Wildman–Crippen MR) is 142 cm³/mol. The van der Waals surface area contributed by atoms with Crippen molar-refractivity contribution >= 4 is 43.6 Å². The molecule has 1 fully saturated rings. The van der Waals surface area contributed by atoms with Gasteiger partial charge in [-0.3, -0.25) is 9.88 Å². The van der Waals surface area contributed by atoms with E-state index in [1.54, 1.807) is 36.7 Å². The Morgan fingerprint density at radius 1 is 1.00 bits per heavy atom. The Bertz CT molecular complexity index is 1680. The number of hydrogen-bond donors (Lipinski definition) is 2. The van der Waals surface area contributed by atoms with Crippen molar-refractivity contribution in [2.24, 2.45) is 0 Å². The molecule has 37 heavy (non-hydrogen) atoms. The molecule has 2 N–H and O–H groups in total. The normalized spacial score (nSPS) is 16.5. The van der Waals surface area contributed by atoms with Crippen LogP contribution in [0.3, 0.4) is 0 Å². The number of aliphatic hydroxyl groups excluding tert-OH is 1. The molecule has 0 aliphatic carbocycles. The van der Waals surface area contributed by atoms with E-state index in [2.05, 4.69) is 25.2 Å². The topological polar surface area (TPSA) is 113 Å². The van der Waals surface area contributed by atoms with Crippen molar-refractivity contribution in [3.05, 3.63) is 84.8 Å². The van der Waals surface area contributed by atoms with Gasteiger partial charge in [-0.1, -0.05) is 30.3 Å². The zero-order valence-electron chi connectivity index (χ0n) is 20.0. The van der Waals surface area contributed by atoms with Crippen LogP contribution in [0.1, 0.15) is 18.4 Å². The van der Waals surface area contributed by atoms with Gasteiger partial charge in [-0.05, 0) is 55.3 Å². The molecule has 1 aliphatic rings. The first-order valence-electron chi connectivity index (χ1n) is 12.2. The molecule has 1 atom stereocenters. The summed E-state index contributed by atoms with van der Waals surface area (Å²) in [5.41, 5.74) is 2.65. The van der Waals surface area contributed by atoms with Crippen molar-refractivity contribution < 1.29 is 13.5 Å². The van der Waals surface area contributed by atoms with Crippen molar-refractivity contribution in [2.75, 3.05) is 18.5 Å². The van der Waals surface area contributed by atoms with E-state index in [0.717, 1.165) is 42.6 Å². The van der Waals surface area contributed by atoms with E-state index in [1.165, 1.54) is 10.2 Å². The number of rotatable bonds is 7. The monoisotopic (exact) mass is 514 g/mol. The van der Waals surface area contributed by atoms with E-state index in [0.29, 0.717) is 16.9 Å². The zero-order chi connectivity index (χ0) is 25.4. The fourth-order valence-electron chi connectivity index (χ4n) is 4.91. The van der Waals surface area contributed by atoms with E-state index in [4.69, 9.17) is 0 Å². The highest BCUT2D eigenvalue weighted by atomic mass is 32.2. The second-order valence-corrected chi connectivity index (χ2v) is 11.0. The van der Waals surface area contributed by atoms with Crippen LogP contribution >= 0.6 is 0 Å². The summed E-state index contributed by atoms with van der Waals surface area (Å²) in [6, 6.07) is 18.6. The second kappa shape index (κ2) is 9.55. The minimum atomic E-state index is -3.95. The number of fused-ring (bicyclic) bond motifs is 2. The number of benzene rings is 2. The smallest absolute Gasteiger partial charge is 0.271 e. The fraction of sp³-hybridized carbons (Fsp3) is 0.222. The maximum absolute atomic E-state index is 13.6. The summed E-state index contributed by atoms with van der Waals surface area (Å²) in [7, 11) is -3.95. The van der Waals surface area contributed by atoms with Crippen LogP contribution in [0.15, 0.2) is 84.1 Å². The maximum atomic E-state index is 13.6. The van der Waals surface area contributed by atoms with Gasteiger partial charge in [0.25, 0.3) is 10.0 Å². The third-order valence-electron chi connectivity index (χ3n) is 6.83. The Hall–Kier alpha value is -3.86. The molecule has 1 aliphatic heterocycles. The summed E-state index contributed by atoms with van der Waals surface area (Å²) in [5, 5.41) is 14.1. The fourth-order valence-corrected chi connectivity index (χ4v) is 6.38. The third-order valence-corrected chi connectivity index (χ3v) is 8.53. The van der Waals surface area contributed by atoms with E-state index in [9.17, 15) is 13.5 Å². The lowest BCUT2D eigenvalue weighted by Gasteiger charge is -2.22. The molecule has 1 unspecified atom stereocenters. The molecular weight excluding hydrogens is 488 g/mol. The van der Waals surface area contributed by atoms with Gasteiger partial charge in [-0.2, -0.15) is 4.98 Å². The Morgan fingerprint density at radius 3 is 2.68 bits per heavy atom. The van der Waals surface area contributed by atoms with Gasteiger partial charge in [-0.25, -0.2) is 17.4 Å². The Labute approximate surface area is 214 Å². The van der Waals surface area contributed by atoms with E-state index in [1.807, 2.05) is 36.4 Å². The minimum absolute atomic E-state index is 0.119. The van der Waals surface area contributed by atoms with Crippen molar-refractivity contribution in [1.82, 2.24) is 23.8 Å². The number of hydrogen-bond acceptors (Lipinski definition) is 8. The first kappa shape index (κ1) is 23.5. The molecule has 6 rings (SSSR count). The van der Waals surface area contributed by atoms with Gasteiger partial charge in [0.05, 0.1) is 12.1 Å². The van der Waals surface area contributed by atoms with E-state index >= 15 is 0 Å². The van der Waals surface area contributed by atoms with Gasteiger partial charge < -0.3 is 10.4 Å². The SMILES string of the molecule is O=S(=O)(c1cccc2cccnc12)n1ccc2cnc(Nc3ccc(CN4CCCC4CO)cc3)nc21. The van der Waals surface area contributed by atoms with Gasteiger partial charge in [0.15, 0.2) is 5.65 Å². The average molecular weight is 515 g/mol. The average Bonchev–Trinajstić information content (AvgIpc) is 3.56. The summed E-state index contributed by atoms with van der Waals surface area (Å²) < 4.78 is 28.5. The van der Waals surface area contributed by atoms with Crippen LogP contribution in [0.25, 0.3) is 21.9 Å². The molecule has 4 heterocycles. The van der Waals surface area contributed by atoms with Crippen LogP contribution in [0.4, 0.5) is 11.6 Å². The van der Waals surface area contributed by atoms with Gasteiger partial charge in [0.2, 0.25) is 5.95 Å². The summed E-state index contributed by atoms with van der Waals surface area (Å²) in [6.07, 6.45) is 6.83. The lowest BCUT2D eigenvalue weighted by atomic mass is 10.1. The number of aromatic nitrogens is 4. The van der Waals surface area contributed by atoms with Crippen LogP contribution in [-0.2, 0) is 16.6 Å². The number of nitrogens with zero attached hydrogens (tertiary/aromatic N) is 5. The Balaban J connectivity index is 1.27. The Kier molecular flexibility index (Phi) is 6.07. The van der Waals surface area contributed by atoms with Crippen LogP contribution in [-0.4, -0.2) is 56.5 Å². The third kappa shape index (κ3) is 4.43. The van der Waals surface area contributed by atoms with Crippen LogP contribution in [0.5, 0.6) is 0 Å². The van der Waals surface area contributed by atoms with Crippen LogP contribution < -0.4 is 5.32 Å². The van der Waals surface area contributed by atoms with Crippen LogP contribution in [0.2, 0.25) is 0 Å². The van der Waals surface area contributed by atoms with Crippen molar-refractivity contribution in [2.45, 2.75) is 30.3 Å². The molecule has 0 saturated carbocycles. The molecule has 0 spiro atoms. The summed E-state index contributed by atoms with van der Waals surface area (Å²) in [5.74, 6) is 0.298. The molecule has 0 radical (unpaired) electrons. The number of aliphatic hydroxyl groups is 1. The quantitative estimate of drug-likeness (QED) is 0.336. The number of pyridine rings is 1. The molecule has 0 bridgehead atoms. The highest BCUT2D eigenvalue weighted by Gasteiger charge is 2.24.